The van der Waals surface area contributed by atoms with Gasteiger partial charge in [-0.05, 0) is 35.9 Å². The molecule has 1 heterocycles. The van der Waals surface area contributed by atoms with Gasteiger partial charge in [0, 0.05) is 34.1 Å². The van der Waals surface area contributed by atoms with Crippen LogP contribution in [0.25, 0.3) is 11.1 Å². The van der Waals surface area contributed by atoms with Gasteiger partial charge >= 0.3 is 0 Å². The third-order valence-electron chi connectivity index (χ3n) is 3.33. The number of H-pyrrole nitrogens is 1. The fourth-order valence-electron chi connectivity index (χ4n) is 2.21. The molecule has 0 aliphatic rings. The zero-order valence-electron chi connectivity index (χ0n) is 11.2. The molecular weight excluding hydrogens is 341 g/mol. The molecule has 0 atom stereocenters. The molecule has 0 radical (unpaired) electrons. The van der Waals surface area contributed by atoms with Crippen LogP contribution in [-0.4, -0.2) is 10.8 Å². The molecular formula is C17H10Cl3NO. The van der Waals surface area contributed by atoms with E-state index in [1.807, 2.05) is 12.1 Å². The van der Waals surface area contributed by atoms with E-state index in [1.165, 1.54) is 0 Å². The Kier molecular flexibility index (Phi) is 4.25. The van der Waals surface area contributed by atoms with Gasteiger partial charge in [0.1, 0.15) is 0 Å². The van der Waals surface area contributed by atoms with Crippen LogP contribution in [0.3, 0.4) is 0 Å². The van der Waals surface area contributed by atoms with E-state index in [4.69, 9.17) is 34.8 Å². The van der Waals surface area contributed by atoms with Crippen LogP contribution in [0.1, 0.15) is 15.9 Å². The van der Waals surface area contributed by atoms with Crippen LogP contribution in [0.15, 0.2) is 54.9 Å². The molecule has 0 spiro atoms. The van der Waals surface area contributed by atoms with E-state index in [1.54, 1.807) is 42.7 Å². The highest BCUT2D eigenvalue weighted by Gasteiger charge is 2.16. The topological polar surface area (TPSA) is 32.9 Å². The average molecular weight is 351 g/mol. The number of benzene rings is 2. The predicted octanol–water partition coefficient (Wildman–Crippen LogP) is 5.87. The van der Waals surface area contributed by atoms with E-state index in [2.05, 4.69) is 4.98 Å². The minimum atomic E-state index is -0.121. The van der Waals surface area contributed by atoms with Gasteiger partial charge in [-0.1, -0.05) is 46.9 Å². The smallest absolute Gasteiger partial charge is 0.195 e. The van der Waals surface area contributed by atoms with Gasteiger partial charge < -0.3 is 4.98 Å². The van der Waals surface area contributed by atoms with Crippen molar-refractivity contribution in [3.63, 3.8) is 0 Å². The zero-order valence-corrected chi connectivity index (χ0v) is 13.5. The molecule has 0 unspecified atom stereocenters. The van der Waals surface area contributed by atoms with E-state index < -0.39 is 0 Å². The monoisotopic (exact) mass is 349 g/mol. The fraction of sp³-hybridized carbons (Fsp3) is 0. The first-order valence-corrected chi connectivity index (χ1v) is 7.62. The van der Waals surface area contributed by atoms with Crippen LogP contribution in [-0.2, 0) is 0 Å². The minimum Gasteiger partial charge on any atom is -0.366 e. The molecule has 0 fully saturated rings. The summed E-state index contributed by atoms with van der Waals surface area (Å²) in [5.74, 6) is -0.121. The first kappa shape index (κ1) is 15.2. The molecule has 22 heavy (non-hydrogen) atoms. The quantitative estimate of drug-likeness (QED) is 0.588. The molecule has 0 bridgehead atoms. The highest BCUT2D eigenvalue weighted by atomic mass is 35.5. The summed E-state index contributed by atoms with van der Waals surface area (Å²) in [5.41, 5.74) is 2.78. The Morgan fingerprint density at radius 3 is 2.27 bits per heavy atom. The molecule has 5 heteroatoms. The number of rotatable bonds is 3. The average Bonchev–Trinajstić information content (AvgIpc) is 2.99. The summed E-state index contributed by atoms with van der Waals surface area (Å²) in [6.45, 7) is 0. The van der Waals surface area contributed by atoms with Crippen LogP contribution in [0, 0.1) is 0 Å². The Balaban J connectivity index is 2.02. The number of ketones is 1. The van der Waals surface area contributed by atoms with Crippen molar-refractivity contribution < 1.29 is 4.79 Å². The van der Waals surface area contributed by atoms with Crippen LogP contribution in [0.2, 0.25) is 15.1 Å². The van der Waals surface area contributed by atoms with Crippen molar-refractivity contribution in [2.75, 3.05) is 0 Å². The van der Waals surface area contributed by atoms with Gasteiger partial charge in [0.25, 0.3) is 0 Å². The summed E-state index contributed by atoms with van der Waals surface area (Å²) in [7, 11) is 0. The van der Waals surface area contributed by atoms with Crippen LogP contribution in [0.4, 0.5) is 0 Å². The van der Waals surface area contributed by atoms with Gasteiger partial charge in [0.05, 0.1) is 10.0 Å². The lowest BCUT2D eigenvalue weighted by molar-refractivity contribution is 0.103. The third-order valence-corrected chi connectivity index (χ3v) is 4.32. The number of halogens is 3. The second kappa shape index (κ2) is 6.17. The summed E-state index contributed by atoms with van der Waals surface area (Å²) in [6.07, 6.45) is 3.46. The third kappa shape index (κ3) is 2.91. The molecule has 3 aromatic rings. The summed E-state index contributed by atoms with van der Waals surface area (Å²) in [6, 6.07) is 12.2. The normalized spacial score (nSPS) is 10.7. The van der Waals surface area contributed by atoms with E-state index in [-0.39, 0.29) is 5.78 Å². The minimum absolute atomic E-state index is 0.121. The fourth-order valence-corrected chi connectivity index (χ4v) is 2.64. The Morgan fingerprint density at radius 2 is 1.59 bits per heavy atom. The number of hydrogen-bond acceptors (Lipinski definition) is 1. The van der Waals surface area contributed by atoms with Crippen LogP contribution >= 0.6 is 34.8 Å². The zero-order chi connectivity index (χ0) is 15.7. The number of aromatic nitrogens is 1. The van der Waals surface area contributed by atoms with E-state index in [0.29, 0.717) is 26.2 Å². The summed E-state index contributed by atoms with van der Waals surface area (Å²) < 4.78 is 0. The van der Waals surface area contributed by atoms with Crippen LogP contribution in [0.5, 0.6) is 0 Å². The standard InChI is InChI=1S/C17H10Cl3NO/c18-12-4-1-10(2-5-12)13-8-21-9-14(13)17(22)11-3-6-15(19)16(20)7-11/h1-9,21H. The van der Waals surface area contributed by atoms with Crippen molar-refractivity contribution in [1.82, 2.24) is 4.98 Å². The highest BCUT2D eigenvalue weighted by molar-refractivity contribution is 6.42. The van der Waals surface area contributed by atoms with Crippen LogP contribution < -0.4 is 0 Å². The predicted molar refractivity (Wildman–Crippen MR) is 91.1 cm³/mol. The van der Waals surface area contributed by atoms with Crippen molar-refractivity contribution in [2.45, 2.75) is 0 Å². The molecule has 0 aliphatic carbocycles. The van der Waals surface area contributed by atoms with Gasteiger partial charge in [0.2, 0.25) is 0 Å². The second-order valence-corrected chi connectivity index (χ2v) is 6.00. The first-order chi connectivity index (χ1) is 10.6. The van der Waals surface area contributed by atoms with Gasteiger partial charge in [-0.3, -0.25) is 4.79 Å². The number of nitrogens with one attached hydrogen (secondary N) is 1. The Bertz CT molecular complexity index is 837. The van der Waals surface area contributed by atoms with E-state index in [0.717, 1.165) is 11.1 Å². The largest absolute Gasteiger partial charge is 0.366 e. The first-order valence-electron chi connectivity index (χ1n) is 6.49. The van der Waals surface area contributed by atoms with Crippen molar-refractivity contribution in [3.05, 3.63) is 81.1 Å². The van der Waals surface area contributed by atoms with E-state index in [9.17, 15) is 4.79 Å². The molecule has 0 saturated heterocycles. The number of carbonyl (C=O) groups is 1. The Hall–Kier alpha value is -1.74. The SMILES string of the molecule is O=C(c1ccc(Cl)c(Cl)c1)c1c[nH]cc1-c1ccc(Cl)cc1. The van der Waals surface area contributed by atoms with Gasteiger partial charge in [0.15, 0.2) is 5.78 Å². The summed E-state index contributed by atoms with van der Waals surface area (Å²) >= 11 is 17.8. The van der Waals surface area contributed by atoms with Crippen molar-refractivity contribution in [2.24, 2.45) is 0 Å². The molecule has 1 N–H and O–H groups in total. The molecule has 0 saturated carbocycles. The van der Waals surface area contributed by atoms with Gasteiger partial charge in [-0.15, -0.1) is 0 Å². The number of hydrogen-bond donors (Lipinski definition) is 1. The van der Waals surface area contributed by atoms with E-state index >= 15 is 0 Å². The number of aromatic amines is 1. The maximum Gasteiger partial charge on any atom is 0.195 e. The maximum absolute atomic E-state index is 12.7. The Labute approximate surface area is 142 Å². The Morgan fingerprint density at radius 1 is 0.864 bits per heavy atom. The van der Waals surface area contributed by atoms with Crippen molar-refractivity contribution in [3.8, 4) is 11.1 Å². The second-order valence-electron chi connectivity index (χ2n) is 4.75. The molecule has 2 aromatic carbocycles. The lowest BCUT2D eigenvalue weighted by Gasteiger charge is -2.05. The molecule has 0 amide bonds. The molecule has 1 aromatic heterocycles. The van der Waals surface area contributed by atoms with Crippen molar-refractivity contribution in [1.29, 1.82) is 0 Å². The highest BCUT2D eigenvalue weighted by Crippen LogP contribution is 2.29. The molecule has 0 aliphatic heterocycles. The lowest BCUT2D eigenvalue weighted by Crippen LogP contribution is -2.01. The number of carbonyl (C=O) groups excluding carboxylic acids is 1. The van der Waals surface area contributed by atoms with Gasteiger partial charge in [-0.25, -0.2) is 0 Å². The molecule has 2 nitrogen and oxygen atoms in total. The summed E-state index contributed by atoms with van der Waals surface area (Å²) in [5, 5.41) is 1.43. The summed E-state index contributed by atoms with van der Waals surface area (Å²) in [4.78, 5) is 15.7. The maximum atomic E-state index is 12.7. The van der Waals surface area contributed by atoms with Gasteiger partial charge in [-0.2, -0.15) is 0 Å². The lowest BCUT2D eigenvalue weighted by atomic mass is 9.98. The molecule has 110 valence electrons. The molecule has 3 rings (SSSR count). The van der Waals surface area contributed by atoms with Crippen molar-refractivity contribution >= 4 is 40.6 Å².